The standard InChI is InChI=1S/C15H30N2O3S.C14H28N2O3S.C13H24N2O3.HI/c1-14(2,3)17-12(18)11(9-10-21(7)8)16-13(19)20-15(4,5)6;1-13(2,3)16-11(17)10(8-9-20-7)15-12(18)19-14(4,5)6;1-12(2,3)15-8-7-9(10(15)16)14-11(17)18-13(4,5)6;/h11H,9-10H2,1-8H3,(H-,16,17,18,19);10H,8-9H2,1-7H3,(H,15,18)(H,16,17);9H,7-8H2,1-6H3,(H,14,17);1H/t11-;10-;9-;/m000./s1. The minimum Gasteiger partial charge on any atom is -1.00 e. The zero-order valence-corrected chi connectivity index (χ0v) is 44.6. The molecular weight excluding hydrogens is 924 g/mol. The molecule has 1 saturated heterocycles. The molecule has 60 heavy (non-hydrogen) atoms. The van der Waals surface area contributed by atoms with Crippen molar-refractivity contribution < 1.29 is 67.0 Å². The first kappa shape index (κ1) is 61.9. The summed E-state index contributed by atoms with van der Waals surface area (Å²) >= 11 is 1.63. The lowest BCUT2D eigenvalue weighted by molar-refractivity contribution is -0.133. The molecule has 0 bridgehead atoms. The number of ether oxygens (including phenoxy) is 3. The maximum Gasteiger partial charge on any atom is 0.408 e. The number of rotatable bonds is 11. The van der Waals surface area contributed by atoms with E-state index in [0.29, 0.717) is 25.8 Å². The van der Waals surface area contributed by atoms with E-state index in [1.165, 1.54) is 0 Å². The van der Waals surface area contributed by atoms with E-state index in [9.17, 15) is 28.8 Å². The van der Waals surface area contributed by atoms with Crippen molar-refractivity contribution in [1.29, 1.82) is 0 Å². The summed E-state index contributed by atoms with van der Waals surface area (Å²) in [5.74, 6) is 1.29. The molecule has 1 aliphatic heterocycles. The van der Waals surface area contributed by atoms with Gasteiger partial charge in [0.1, 0.15) is 40.7 Å². The summed E-state index contributed by atoms with van der Waals surface area (Å²) in [6.45, 7) is 34.3. The van der Waals surface area contributed by atoms with E-state index in [4.69, 9.17) is 14.2 Å². The van der Waals surface area contributed by atoms with Crippen LogP contribution in [-0.4, -0.2) is 129 Å². The highest BCUT2D eigenvalue weighted by atomic mass is 127. The molecule has 0 spiro atoms. The van der Waals surface area contributed by atoms with E-state index in [1.807, 2.05) is 68.6 Å². The molecule has 0 aromatic rings. The Morgan fingerprint density at radius 1 is 0.667 bits per heavy atom. The highest BCUT2D eigenvalue weighted by Gasteiger charge is 2.39. The van der Waals surface area contributed by atoms with E-state index < -0.39 is 53.2 Å². The second kappa shape index (κ2) is 26.3. The fourth-order valence-corrected chi connectivity index (χ4v) is 6.05. The molecule has 0 aromatic heterocycles. The average Bonchev–Trinajstić information content (AvgIpc) is 3.33. The summed E-state index contributed by atoms with van der Waals surface area (Å²) in [6.07, 6.45) is 6.37. The number of amides is 6. The molecule has 0 aliphatic carbocycles. The van der Waals surface area contributed by atoms with Gasteiger partial charge >= 0.3 is 18.3 Å². The Labute approximate surface area is 387 Å². The molecule has 15 nitrogen and oxygen atoms in total. The molecule has 1 aliphatic rings. The van der Waals surface area contributed by atoms with Crippen molar-refractivity contribution in [3.05, 3.63) is 0 Å². The third-order valence-corrected chi connectivity index (χ3v) is 8.84. The lowest BCUT2D eigenvalue weighted by Crippen LogP contribution is -3.00. The minimum atomic E-state index is -0.575. The molecule has 0 saturated carbocycles. The van der Waals surface area contributed by atoms with Crippen LogP contribution in [0.25, 0.3) is 0 Å². The van der Waals surface area contributed by atoms with Crippen LogP contribution in [0.2, 0.25) is 0 Å². The predicted octanol–water partition coefficient (Wildman–Crippen LogP) is 3.52. The molecule has 5 N–H and O–H groups in total. The first-order valence-corrected chi connectivity index (χ1v) is 23.8. The quantitative estimate of drug-likeness (QED) is 0.116. The van der Waals surface area contributed by atoms with Crippen LogP contribution in [0, 0.1) is 0 Å². The summed E-state index contributed by atoms with van der Waals surface area (Å²) in [7, 11) is 0.218. The molecule has 0 radical (unpaired) electrons. The average molecular weight is 1010 g/mol. The van der Waals surface area contributed by atoms with Crippen LogP contribution < -0.4 is 50.6 Å². The van der Waals surface area contributed by atoms with E-state index in [1.54, 1.807) is 79.0 Å². The fourth-order valence-electron chi connectivity index (χ4n) is 4.87. The normalized spacial score (nSPS) is 15.7. The van der Waals surface area contributed by atoms with Gasteiger partial charge in [0.05, 0.1) is 12.5 Å². The molecule has 3 atom stereocenters. The van der Waals surface area contributed by atoms with Gasteiger partial charge in [-0.1, -0.05) is 0 Å². The second-order valence-corrected chi connectivity index (χ2v) is 24.1. The minimum absolute atomic E-state index is 0. The molecule has 6 amide bonds. The lowest BCUT2D eigenvalue weighted by Gasteiger charge is -2.32. The molecule has 18 heteroatoms. The highest BCUT2D eigenvalue weighted by Crippen LogP contribution is 2.22. The van der Waals surface area contributed by atoms with Crippen LogP contribution in [0.1, 0.15) is 144 Å². The first-order valence-electron chi connectivity index (χ1n) is 20.2. The second-order valence-electron chi connectivity index (χ2n) is 20.8. The third kappa shape index (κ3) is 33.3. The van der Waals surface area contributed by atoms with Crippen molar-refractivity contribution >= 4 is 58.7 Å². The predicted molar refractivity (Wildman–Crippen MR) is 243 cm³/mol. The summed E-state index contributed by atoms with van der Waals surface area (Å²) in [5, 5.41) is 13.7. The Morgan fingerprint density at radius 2 is 1.03 bits per heavy atom. The Hall–Kier alpha value is -2.35. The fraction of sp³-hybridized carbons (Fsp3) is 0.857. The molecule has 1 fully saturated rings. The van der Waals surface area contributed by atoms with Crippen molar-refractivity contribution in [2.75, 3.05) is 36.8 Å². The van der Waals surface area contributed by atoms with Gasteiger partial charge in [-0.25, -0.2) is 14.4 Å². The molecule has 1 rings (SSSR count). The zero-order chi connectivity index (χ0) is 47.0. The highest BCUT2D eigenvalue weighted by molar-refractivity contribution is 7.98. The Balaban J connectivity index is -0.000000807. The van der Waals surface area contributed by atoms with Gasteiger partial charge in [0.15, 0.2) is 0 Å². The Morgan fingerprint density at radius 3 is 1.33 bits per heavy atom. The van der Waals surface area contributed by atoms with Crippen molar-refractivity contribution in [2.24, 2.45) is 0 Å². The van der Waals surface area contributed by atoms with Crippen molar-refractivity contribution in [1.82, 2.24) is 31.5 Å². The molecule has 0 unspecified atom stereocenters. The number of carbonyl (C=O) groups excluding carboxylic acids is 6. The largest absolute Gasteiger partial charge is 1.00 e. The van der Waals surface area contributed by atoms with Gasteiger partial charge in [-0.3, -0.25) is 14.4 Å². The number of likely N-dealkylation sites (tertiary alicyclic amines) is 1. The maximum atomic E-state index is 12.3. The molecule has 1 heterocycles. The number of hydrogen-bond acceptors (Lipinski definition) is 10. The summed E-state index contributed by atoms with van der Waals surface area (Å²) in [5.41, 5.74) is -2.56. The summed E-state index contributed by atoms with van der Waals surface area (Å²) < 4.78 is 15.6. The number of thioether (sulfide) groups is 1. The van der Waals surface area contributed by atoms with Crippen LogP contribution in [0.4, 0.5) is 14.4 Å². The van der Waals surface area contributed by atoms with Crippen LogP contribution in [-0.2, 0) is 39.5 Å². The SMILES string of the molecule is CC(C)(C)OC(=O)N[C@H]1CCN(C(C)(C)C)C1=O.CSCC[C@H](NC(=O)OC(C)(C)C)C(=O)NC(C)(C)C.C[S+](C)CC[C@H](NC(=O)OC(C)(C)C)C(=O)NC(C)(C)C.[I-]. The van der Waals surface area contributed by atoms with Crippen molar-refractivity contribution in [2.45, 2.75) is 195 Å². The lowest BCUT2D eigenvalue weighted by atomic mass is 10.1. The van der Waals surface area contributed by atoms with E-state index in [-0.39, 0.29) is 69.2 Å². The Kier molecular flexibility index (Phi) is 27.2. The van der Waals surface area contributed by atoms with Gasteiger partial charge in [-0.15, -0.1) is 0 Å². The van der Waals surface area contributed by atoms with Crippen LogP contribution in [0.3, 0.4) is 0 Å². The monoisotopic (exact) mass is 1010 g/mol. The first-order chi connectivity index (χ1) is 26.2. The van der Waals surface area contributed by atoms with Crippen LogP contribution in [0.15, 0.2) is 0 Å². The van der Waals surface area contributed by atoms with Crippen LogP contribution in [0.5, 0.6) is 0 Å². The van der Waals surface area contributed by atoms with Gasteiger partial charge in [-0.2, -0.15) is 11.8 Å². The van der Waals surface area contributed by atoms with Gasteiger partial charge < -0.3 is 69.7 Å². The van der Waals surface area contributed by atoms with Gasteiger partial charge in [0, 0.05) is 29.6 Å². The molecule has 354 valence electrons. The number of nitrogens with one attached hydrogen (secondary N) is 5. The maximum absolute atomic E-state index is 12.3. The van der Waals surface area contributed by atoms with Crippen LogP contribution >= 0.6 is 11.8 Å². The van der Waals surface area contributed by atoms with Gasteiger partial charge in [-0.05, 0) is 160 Å². The number of halogens is 1. The molecule has 0 aromatic carbocycles. The van der Waals surface area contributed by atoms with E-state index >= 15 is 0 Å². The number of nitrogens with zero attached hydrogens (tertiary/aromatic N) is 1. The number of hydrogen-bond donors (Lipinski definition) is 5. The zero-order valence-electron chi connectivity index (χ0n) is 40.8. The summed E-state index contributed by atoms with van der Waals surface area (Å²) in [6, 6.07) is -1.59. The number of carbonyl (C=O) groups is 6. The summed E-state index contributed by atoms with van der Waals surface area (Å²) in [4.78, 5) is 73.6. The Bertz CT molecular complexity index is 1360. The van der Waals surface area contributed by atoms with Crippen molar-refractivity contribution in [3.8, 4) is 0 Å². The number of alkyl carbamates (subject to hydrolysis) is 3. The topological polar surface area (TPSA) is 194 Å². The molecular formula is C42H83IN6O9S2. The van der Waals surface area contributed by atoms with Crippen molar-refractivity contribution in [3.63, 3.8) is 0 Å². The van der Waals surface area contributed by atoms with E-state index in [2.05, 4.69) is 39.1 Å². The van der Waals surface area contributed by atoms with E-state index in [0.717, 1.165) is 11.5 Å². The van der Waals surface area contributed by atoms with Gasteiger partial charge in [0.25, 0.3) is 0 Å². The third-order valence-electron chi connectivity index (χ3n) is 7.14. The smallest absolute Gasteiger partial charge is 0.408 e. The van der Waals surface area contributed by atoms with Gasteiger partial charge in [0.2, 0.25) is 17.7 Å².